The number of hydrogen-bond acceptors (Lipinski definition) is 7. The van der Waals surface area contributed by atoms with Crippen molar-refractivity contribution in [3.63, 3.8) is 0 Å². The van der Waals surface area contributed by atoms with Gasteiger partial charge in [0.25, 0.3) is 5.89 Å². The molecule has 0 bridgehead atoms. The Morgan fingerprint density at radius 1 is 1.32 bits per heavy atom. The second-order valence-electron chi connectivity index (χ2n) is 5.61. The topological polar surface area (TPSA) is 78.9 Å². The molecule has 1 fully saturated rings. The summed E-state index contributed by atoms with van der Waals surface area (Å²) >= 11 is 1.02. The van der Waals surface area contributed by atoms with Crippen LogP contribution >= 0.6 is 11.3 Å². The van der Waals surface area contributed by atoms with Crippen LogP contribution in [0.25, 0.3) is 16.7 Å². The number of halogens is 3. The van der Waals surface area contributed by atoms with Crippen LogP contribution in [0.1, 0.15) is 29.6 Å². The molecule has 0 N–H and O–H groups in total. The van der Waals surface area contributed by atoms with E-state index in [4.69, 9.17) is 9.26 Å². The molecule has 132 valence electrons. The molecule has 1 aliphatic heterocycles. The summed E-state index contributed by atoms with van der Waals surface area (Å²) in [6.45, 7) is 2.67. The molecule has 1 unspecified atom stereocenters. The van der Waals surface area contributed by atoms with Crippen LogP contribution in [0.4, 0.5) is 13.2 Å². The van der Waals surface area contributed by atoms with Crippen LogP contribution in [0.2, 0.25) is 0 Å². The van der Waals surface area contributed by atoms with Crippen molar-refractivity contribution in [1.82, 2.24) is 24.9 Å². The van der Waals surface area contributed by atoms with Crippen molar-refractivity contribution < 1.29 is 22.4 Å². The normalized spacial score (nSPS) is 18.2. The zero-order valence-electron chi connectivity index (χ0n) is 12.9. The van der Waals surface area contributed by atoms with E-state index in [1.54, 1.807) is 5.38 Å². The van der Waals surface area contributed by atoms with Gasteiger partial charge in [-0.2, -0.15) is 23.3 Å². The molecule has 25 heavy (non-hydrogen) atoms. The van der Waals surface area contributed by atoms with Gasteiger partial charge in [0.15, 0.2) is 11.5 Å². The minimum Gasteiger partial charge on any atom is -0.381 e. The minimum atomic E-state index is -4.52. The van der Waals surface area contributed by atoms with E-state index in [9.17, 15) is 13.2 Å². The van der Waals surface area contributed by atoms with E-state index in [-0.39, 0.29) is 22.6 Å². The predicted molar refractivity (Wildman–Crippen MR) is 80.4 cm³/mol. The lowest BCUT2D eigenvalue weighted by atomic mass is 10.1. The van der Waals surface area contributed by atoms with E-state index in [2.05, 4.69) is 20.2 Å². The first kappa shape index (κ1) is 16.2. The van der Waals surface area contributed by atoms with Crippen molar-refractivity contribution in [2.75, 3.05) is 13.2 Å². The molecular weight excluding hydrogens is 359 g/mol. The van der Waals surface area contributed by atoms with Crippen LogP contribution in [0.5, 0.6) is 0 Å². The van der Waals surface area contributed by atoms with Gasteiger partial charge in [-0.3, -0.25) is 0 Å². The van der Waals surface area contributed by atoms with E-state index in [0.29, 0.717) is 24.7 Å². The zero-order valence-corrected chi connectivity index (χ0v) is 13.8. The average Bonchev–Trinajstić information content (AvgIpc) is 3.31. The average molecular weight is 371 g/mol. The number of ether oxygens (including phenoxy) is 1. The highest BCUT2D eigenvalue weighted by molar-refractivity contribution is 7.12. The standard InChI is InChI=1S/C14H12F3N5O2S/c1-7-4-10(14(15,16)17)22(20-7)13-18-9(6-25-13)12-19-11(21-24-12)8-2-3-23-5-8/h4,6,8H,2-3,5H2,1H3. The first-order valence-corrected chi connectivity index (χ1v) is 8.31. The molecule has 0 saturated carbocycles. The molecule has 3 aromatic heterocycles. The summed E-state index contributed by atoms with van der Waals surface area (Å²) < 4.78 is 50.6. The Hall–Kier alpha value is -2.27. The molecule has 11 heteroatoms. The van der Waals surface area contributed by atoms with E-state index < -0.39 is 11.9 Å². The van der Waals surface area contributed by atoms with Gasteiger partial charge in [-0.05, 0) is 19.4 Å². The molecule has 1 saturated heterocycles. The summed E-state index contributed by atoms with van der Waals surface area (Å²) in [6.07, 6.45) is -3.71. The van der Waals surface area contributed by atoms with Crippen LogP contribution in [-0.4, -0.2) is 38.1 Å². The van der Waals surface area contributed by atoms with Gasteiger partial charge in [-0.1, -0.05) is 5.16 Å². The van der Waals surface area contributed by atoms with Gasteiger partial charge in [0.1, 0.15) is 5.69 Å². The molecular formula is C14H12F3N5O2S. The van der Waals surface area contributed by atoms with Crippen molar-refractivity contribution in [2.45, 2.75) is 25.4 Å². The summed E-state index contributed by atoms with van der Waals surface area (Å²) in [5, 5.41) is 9.44. The first-order chi connectivity index (χ1) is 11.9. The van der Waals surface area contributed by atoms with E-state index >= 15 is 0 Å². The highest BCUT2D eigenvalue weighted by Crippen LogP contribution is 2.33. The molecule has 0 radical (unpaired) electrons. The number of rotatable bonds is 3. The largest absolute Gasteiger partial charge is 0.433 e. The Kier molecular flexibility index (Phi) is 3.84. The lowest BCUT2D eigenvalue weighted by molar-refractivity contribution is -0.142. The summed E-state index contributed by atoms with van der Waals surface area (Å²) in [5.41, 5.74) is -0.301. The second-order valence-corrected chi connectivity index (χ2v) is 6.45. The Labute approximate surface area is 143 Å². The van der Waals surface area contributed by atoms with Crippen molar-refractivity contribution in [1.29, 1.82) is 0 Å². The Balaban J connectivity index is 1.65. The van der Waals surface area contributed by atoms with E-state index in [0.717, 1.165) is 28.5 Å². The Morgan fingerprint density at radius 2 is 2.16 bits per heavy atom. The van der Waals surface area contributed by atoms with Crippen molar-refractivity contribution in [3.05, 3.63) is 28.7 Å². The summed E-state index contributed by atoms with van der Waals surface area (Å²) in [4.78, 5) is 8.45. The smallest absolute Gasteiger partial charge is 0.381 e. The van der Waals surface area contributed by atoms with Crippen molar-refractivity contribution >= 4 is 11.3 Å². The SMILES string of the molecule is Cc1cc(C(F)(F)F)n(-c2nc(-c3nc(C4CCOC4)no3)cs2)n1. The molecule has 0 amide bonds. The first-order valence-electron chi connectivity index (χ1n) is 7.43. The van der Waals surface area contributed by atoms with Crippen LogP contribution in [0.3, 0.4) is 0 Å². The third-order valence-corrected chi connectivity index (χ3v) is 4.57. The zero-order chi connectivity index (χ0) is 17.6. The monoisotopic (exact) mass is 371 g/mol. The van der Waals surface area contributed by atoms with Crippen LogP contribution in [0, 0.1) is 6.92 Å². The lowest BCUT2D eigenvalue weighted by Gasteiger charge is -2.06. The number of thiazole rings is 1. The molecule has 0 spiro atoms. The maximum absolute atomic E-state index is 13.1. The number of aromatic nitrogens is 5. The van der Waals surface area contributed by atoms with E-state index in [1.165, 1.54) is 6.92 Å². The molecule has 7 nitrogen and oxygen atoms in total. The molecule has 0 aromatic carbocycles. The van der Waals surface area contributed by atoms with E-state index in [1.807, 2.05) is 0 Å². The molecule has 4 rings (SSSR count). The molecule has 0 aliphatic carbocycles. The molecule has 4 heterocycles. The fraction of sp³-hybridized carbons (Fsp3) is 0.429. The van der Waals surface area contributed by atoms with Gasteiger partial charge in [0.2, 0.25) is 5.13 Å². The number of nitrogens with zero attached hydrogens (tertiary/aromatic N) is 5. The molecule has 3 aromatic rings. The maximum Gasteiger partial charge on any atom is 0.433 e. The quantitative estimate of drug-likeness (QED) is 0.703. The van der Waals surface area contributed by atoms with Crippen molar-refractivity contribution in [3.8, 4) is 16.7 Å². The van der Waals surface area contributed by atoms with Crippen LogP contribution < -0.4 is 0 Å². The summed E-state index contributed by atoms with van der Waals surface area (Å²) in [6, 6.07) is 0.978. The summed E-state index contributed by atoms with van der Waals surface area (Å²) in [7, 11) is 0. The van der Waals surface area contributed by atoms with Gasteiger partial charge in [-0.25, -0.2) is 9.67 Å². The number of alkyl halides is 3. The Morgan fingerprint density at radius 3 is 2.88 bits per heavy atom. The predicted octanol–water partition coefficient (Wildman–Crippen LogP) is 3.21. The van der Waals surface area contributed by atoms with Gasteiger partial charge in [0, 0.05) is 17.9 Å². The summed E-state index contributed by atoms with van der Waals surface area (Å²) in [5.74, 6) is 0.760. The second kappa shape index (κ2) is 5.92. The molecule has 1 atom stereocenters. The van der Waals surface area contributed by atoms with Gasteiger partial charge < -0.3 is 9.26 Å². The number of aryl methyl sites for hydroxylation is 1. The fourth-order valence-corrected chi connectivity index (χ4v) is 3.31. The minimum absolute atomic E-state index is 0.0706. The third kappa shape index (κ3) is 3.04. The van der Waals surface area contributed by atoms with Gasteiger partial charge in [-0.15, -0.1) is 11.3 Å². The number of hydrogen-bond donors (Lipinski definition) is 0. The van der Waals surface area contributed by atoms with Crippen LogP contribution in [-0.2, 0) is 10.9 Å². The van der Waals surface area contributed by atoms with Gasteiger partial charge in [0.05, 0.1) is 12.3 Å². The highest BCUT2D eigenvalue weighted by Gasteiger charge is 2.36. The maximum atomic E-state index is 13.1. The van der Waals surface area contributed by atoms with Gasteiger partial charge >= 0.3 is 6.18 Å². The molecule has 1 aliphatic rings. The lowest BCUT2D eigenvalue weighted by Crippen LogP contribution is -2.13. The Bertz CT molecular complexity index is 895. The van der Waals surface area contributed by atoms with Crippen molar-refractivity contribution in [2.24, 2.45) is 0 Å². The third-order valence-electron chi connectivity index (χ3n) is 3.75. The fourth-order valence-electron chi connectivity index (χ4n) is 2.55. The highest BCUT2D eigenvalue weighted by atomic mass is 32.1. The van der Waals surface area contributed by atoms with Crippen LogP contribution in [0.15, 0.2) is 16.0 Å².